The van der Waals surface area contributed by atoms with Gasteiger partial charge in [-0.05, 0) is 48.5 Å². The minimum Gasteiger partial charge on any atom is -0.367 e. The third-order valence-electron chi connectivity index (χ3n) is 3.04. The number of rotatable bonds is 3. The van der Waals surface area contributed by atoms with Crippen LogP contribution >= 0.6 is 15.9 Å². The first-order valence-electron chi connectivity index (χ1n) is 5.43. The Bertz CT molecular complexity index is 329. The predicted molar refractivity (Wildman–Crippen MR) is 64.9 cm³/mol. The van der Waals surface area contributed by atoms with Crippen LogP contribution in [0, 0.1) is 12.8 Å². The summed E-state index contributed by atoms with van der Waals surface area (Å²) in [5.41, 5.74) is 0. The molecule has 1 heterocycles. The van der Waals surface area contributed by atoms with E-state index >= 15 is 0 Å². The summed E-state index contributed by atoms with van der Waals surface area (Å²) in [7, 11) is 0. The van der Waals surface area contributed by atoms with Gasteiger partial charge in [0.1, 0.15) is 16.2 Å². The molecule has 1 aliphatic carbocycles. The maximum atomic E-state index is 4.36. The molecule has 1 unspecified atom stereocenters. The first kappa shape index (κ1) is 10.9. The van der Waals surface area contributed by atoms with Crippen molar-refractivity contribution < 1.29 is 0 Å². The van der Waals surface area contributed by atoms with E-state index in [-0.39, 0.29) is 0 Å². The maximum Gasteiger partial charge on any atom is 0.131 e. The van der Waals surface area contributed by atoms with Crippen molar-refractivity contribution in [2.75, 3.05) is 5.32 Å². The van der Waals surface area contributed by atoms with Gasteiger partial charge in [0.2, 0.25) is 0 Å². The average Bonchev–Trinajstić information content (AvgIpc) is 1.96. The third-order valence-corrected chi connectivity index (χ3v) is 3.45. The molecule has 15 heavy (non-hydrogen) atoms. The van der Waals surface area contributed by atoms with E-state index in [0.717, 1.165) is 22.2 Å². The van der Waals surface area contributed by atoms with E-state index in [1.165, 1.54) is 19.3 Å². The highest BCUT2D eigenvalue weighted by Crippen LogP contribution is 2.30. The molecule has 1 atom stereocenters. The molecule has 1 aromatic heterocycles. The van der Waals surface area contributed by atoms with Crippen molar-refractivity contribution in [2.24, 2.45) is 5.92 Å². The molecule has 0 saturated heterocycles. The number of hydrogen-bond acceptors (Lipinski definition) is 3. The van der Waals surface area contributed by atoms with Crippen LogP contribution in [0.3, 0.4) is 0 Å². The van der Waals surface area contributed by atoms with Crippen molar-refractivity contribution in [3.63, 3.8) is 0 Å². The molecule has 1 saturated carbocycles. The Hall–Kier alpha value is -0.640. The highest BCUT2D eigenvalue weighted by atomic mass is 79.9. The molecule has 4 heteroatoms. The normalized spacial score (nSPS) is 18.3. The Kier molecular flexibility index (Phi) is 3.24. The highest BCUT2D eigenvalue weighted by molar-refractivity contribution is 9.10. The van der Waals surface area contributed by atoms with E-state index in [1.807, 2.05) is 13.0 Å². The topological polar surface area (TPSA) is 37.8 Å². The Balaban J connectivity index is 2.02. The van der Waals surface area contributed by atoms with Gasteiger partial charge >= 0.3 is 0 Å². The largest absolute Gasteiger partial charge is 0.367 e. The summed E-state index contributed by atoms with van der Waals surface area (Å²) in [5, 5.41) is 3.44. The molecular formula is C11H16BrN3. The van der Waals surface area contributed by atoms with Crippen molar-refractivity contribution in [1.82, 2.24) is 9.97 Å². The number of aromatic nitrogens is 2. The summed E-state index contributed by atoms with van der Waals surface area (Å²) >= 11 is 3.38. The number of halogens is 1. The fourth-order valence-corrected chi connectivity index (χ4v) is 2.37. The number of aryl methyl sites for hydroxylation is 1. The molecule has 0 bridgehead atoms. The zero-order chi connectivity index (χ0) is 10.8. The van der Waals surface area contributed by atoms with E-state index < -0.39 is 0 Å². The van der Waals surface area contributed by atoms with Crippen LogP contribution in [-0.2, 0) is 0 Å². The lowest BCUT2D eigenvalue weighted by atomic mass is 9.80. The summed E-state index contributed by atoms with van der Waals surface area (Å²) < 4.78 is 0.846. The molecule has 2 rings (SSSR count). The van der Waals surface area contributed by atoms with E-state index in [1.54, 1.807) is 0 Å². The number of hydrogen-bond donors (Lipinski definition) is 1. The molecule has 1 fully saturated rings. The van der Waals surface area contributed by atoms with Crippen LogP contribution in [0.5, 0.6) is 0 Å². The summed E-state index contributed by atoms with van der Waals surface area (Å²) in [4.78, 5) is 8.55. The van der Waals surface area contributed by atoms with Crippen LogP contribution in [-0.4, -0.2) is 16.0 Å². The van der Waals surface area contributed by atoms with Crippen LogP contribution in [0.15, 0.2) is 10.7 Å². The number of anilines is 1. The first-order chi connectivity index (χ1) is 7.15. The van der Waals surface area contributed by atoms with Crippen LogP contribution in [0.25, 0.3) is 0 Å². The molecule has 1 aliphatic rings. The standard InChI is InChI=1S/C11H16BrN3/c1-7(9-4-3-5-9)13-11-6-10(12)14-8(2)15-11/h6-7,9H,3-5H2,1-2H3,(H,13,14,15). The Labute approximate surface area is 98.8 Å². The van der Waals surface area contributed by atoms with E-state index in [2.05, 4.69) is 38.1 Å². The minimum atomic E-state index is 0.514. The highest BCUT2D eigenvalue weighted by Gasteiger charge is 2.23. The van der Waals surface area contributed by atoms with Crippen LogP contribution < -0.4 is 5.32 Å². The second kappa shape index (κ2) is 4.47. The monoisotopic (exact) mass is 269 g/mol. The van der Waals surface area contributed by atoms with Crippen molar-refractivity contribution in [1.29, 1.82) is 0 Å². The van der Waals surface area contributed by atoms with Crippen molar-refractivity contribution in [3.8, 4) is 0 Å². The second-order valence-corrected chi connectivity index (χ2v) is 5.06. The lowest BCUT2D eigenvalue weighted by molar-refractivity contribution is 0.285. The molecule has 0 radical (unpaired) electrons. The smallest absolute Gasteiger partial charge is 0.131 e. The lowest BCUT2D eigenvalue weighted by Gasteiger charge is -2.32. The van der Waals surface area contributed by atoms with Gasteiger partial charge in [0.15, 0.2) is 0 Å². The zero-order valence-corrected chi connectivity index (χ0v) is 10.7. The molecule has 0 aliphatic heterocycles. The number of nitrogens with one attached hydrogen (secondary N) is 1. The Morgan fingerprint density at radius 3 is 2.73 bits per heavy atom. The van der Waals surface area contributed by atoms with Gasteiger partial charge in [-0.1, -0.05) is 6.42 Å². The predicted octanol–water partition coefficient (Wildman–Crippen LogP) is 3.15. The van der Waals surface area contributed by atoms with Gasteiger partial charge < -0.3 is 5.32 Å². The van der Waals surface area contributed by atoms with Crippen LogP contribution in [0.1, 0.15) is 32.0 Å². The molecule has 1 aromatic rings. The van der Waals surface area contributed by atoms with E-state index in [9.17, 15) is 0 Å². The van der Waals surface area contributed by atoms with Crippen molar-refractivity contribution in [3.05, 3.63) is 16.5 Å². The van der Waals surface area contributed by atoms with Gasteiger partial charge in [0.05, 0.1) is 0 Å². The SMILES string of the molecule is Cc1nc(Br)cc(NC(C)C2CCC2)n1. The van der Waals surface area contributed by atoms with Gasteiger partial charge in [-0.25, -0.2) is 9.97 Å². The molecule has 3 nitrogen and oxygen atoms in total. The fraction of sp³-hybridized carbons (Fsp3) is 0.636. The maximum absolute atomic E-state index is 4.36. The average molecular weight is 270 g/mol. The summed E-state index contributed by atoms with van der Waals surface area (Å²) in [6, 6.07) is 2.45. The van der Waals surface area contributed by atoms with Crippen LogP contribution in [0.2, 0.25) is 0 Å². The van der Waals surface area contributed by atoms with E-state index in [0.29, 0.717) is 6.04 Å². The minimum absolute atomic E-state index is 0.514. The first-order valence-corrected chi connectivity index (χ1v) is 6.22. The van der Waals surface area contributed by atoms with Crippen molar-refractivity contribution in [2.45, 2.75) is 39.2 Å². The van der Waals surface area contributed by atoms with Crippen molar-refractivity contribution >= 4 is 21.7 Å². The molecule has 0 aromatic carbocycles. The Morgan fingerprint density at radius 2 is 2.20 bits per heavy atom. The molecule has 1 N–H and O–H groups in total. The molecule has 0 spiro atoms. The molecule has 82 valence electrons. The summed E-state index contributed by atoms with van der Waals surface area (Å²) in [5.74, 6) is 2.54. The summed E-state index contributed by atoms with van der Waals surface area (Å²) in [6.07, 6.45) is 4.07. The molecule has 0 amide bonds. The van der Waals surface area contributed by atoms with Gasteiger partial charge in [0, 0.05) is 12.1 Å². The number of nitrogens with zero attached hydrogens (tertiary/aromatic N) is 2. The van der Waals surface area contributed by atoms with E-state index in [4.69, 9.17) is 0 Å². The fourth-order valence-electron chi connectivity index (χ4n) is 1.90. The Morgan fingerprint density at radius 1 is 1.47 bits per heavy atom. The van der Waals surface area contributed by atoms with Gasteiger partial charge in [-0.15, -0.1) is 0 Å². The second-order valence-electron chi connectivity index (χ2n) is 4.25. The van der Waals surface area contributed by atoms with Gasteiger partial charge in [-0.2, -0.15) is 0 Å². The zero-order valence-electron chi connectivity index (χ0n) is 9.13. The summed E-state index contributed by atoms with van der Waals surface area (Å²) in [6.45, 7) is 4.14. The van der Waals surface area contributed by atoms with Crippen LogP contribution in [0.4, 0.5) is 5.82 Å². The molecular weight excluding hydrogens is 254 g/mol. The quantitative estimate of drug-likeness (QED) is 0.857. The third kappa shape index (κ3) is 2.68. The van der Waals surface area contributed by atoms with Gasteiger partial charge in [-0.3, -0.25) is 0 Å². The lowest BCUT2D eigenvalue weighted by Crippen LogP contribution is -2.31. The van der Waals surface area contributed by atoms with Gasteiger partial charge in [0.25, 0.3) is 0 Å².